The van der Waals surface area contributed by atoms with Crippen LogP contribution in [0.2, 0.25) is 0 Å². The van der Waals surface area contributed by atoms with Gasteiger partial charge < -0.3 is 10.2 Å². The number of aromatic nitrogens is 4. The molecule has 1 fully saturated rings. The Kier molecular flexibility index (Phi) is 5.65. The maximum absolute atomic E-state index is 12.1. The molecule has 8 heteroatoms. The third kappa shape index (κ3) is 4.51. The van der Waals surface area contributed by atoms with Crippen LogP contribution in [0.25, 0.3) is 0 Å². The summed E-state index contributed by atoms with van der Waals surface area (Å²) in [5.41, 5.74) is 0. The number of carbonyl (C=O) groups excluding carboxylic acids is 2. The van der Waals surface area contributed by atoms with Gasteiger partial charge in [0.05, 0.1) is 5.92 Å². The highest BCUT2D eigenvalue weighted by molar-refractivity contribution is 5.83. The number of rotatable bonds is 7. The van der Waals surface area contributed by atoms with Gasteiger partial charge in [0, 0.05) is 32.5 Å². The van der Waals surface area contributed by atoms with Crippen molar-refractivity contribution in [2.24, 2.45) is 5.92 Å². The molecule has 2 heterocycles. The molecule has 0 aliphatic carbocycles. The van der Waals surface area contributed by atoms with Crippen LogP contribution in [-0.4, -0.2) is 57.0 Å². The Morgan fingerprint density at radius 1 is 1.52 bits per heavy atom. The molecule has 2 N–H and O–H groups in total. The van der Waals surface area contributed by atoms with Gasteiger partial charge in [-0.1, -0.05) is 12.1 Å². The Hall–Kier alpha value is -1.99. The minimum absolute atomic E-state index is 0.0386. The van der Waals surface area contributed by atoms with E-state index in [-0.39, 0.29) is 17.7 Å². The van der Waals surface area contributed by atoms with Gasteiger partial charge in [-0.2, -0.15) is 5.21 Å². The lowest BCUT2D eigenvalue weighted by atomic mass is 9.96. The first-order chi connectivity index (χ1) is 10.2. The molecule has 1 saturated heterocycles. The summed E-state index contributed by atoms with van der Waals surface area (Å²) in [7, 11) is 0. The number of aryl methyl sites for hydroxylation is 1. The van der Waals surface area contributed by atoms with Gasteiger partial charge in [-0.15, -0.1) is 10.2 Å². The van der Waals surface area contributed by atoms with Crippen molar-refractivity contribution in [3.8, 4) is 0 Å². The molecule has 1 aliphatic rings. The molecule has 0 spiro atoms. The number of aromatic amines is 1. The van der Waals surface area contributed by atoms with Gasteiger partial charge in [0.25, 0.3) is 0 Å². The summed E-state index contributed by atoms with van der Waals surface area (Å²) in [5.74, 6) is 0.774. The monoisotopic (exact) mass is 294 g/mol. The molecule has 0 radical (unpaired) electrons. The Labute approximate surface area is 123 Å². The number of amides is 2. The van der Waals surface area contributed by atoms with Crippen LogP contribution < -0.4 is 5.32 Å². The van der Waals surface area contributed by atoms with E-state index in [0.29, 0.717) is 38.2 Å². The summed E-state index contributed by atoms with van der Waals surface area (Å²) in [5, 5.41) is 16.5. The van der Waals surface area contributed by atoms with Crippen molar-refractivity contribution in [1.29, 1.82) is 0 Å². The zero-order chi connectivity index (χ0) is 15.1. The number of tetrazole rings is 1. The minimum atomic E-state index is -0.0839. The van der Waals surface area contributed by atoms with Gasteiger partial charge in [-0.3, -0.25) is 9.59 Å². The van der Waals surface area contributed by atoms with E-state index in [1.165, 1.54) is 0 Å². The Bertz CT molecular complexity index is 461. The zero-order valence-electron chi connectivity index (χ0n) is 12.3. The number of hydrogen-bond acceptors (Lipinski definition) is 5. The summed E-state index contributed by atoms with van der Waals surface area (Å²) in [4.78, 5) is 25.6. The van der Waals surface area contributed by atoms with E-state index in [2.05, 4.69) is 25.9 Å². The average Bonchev–Trinajstić information content (AvgIpc) is 2.99. The predicted molar refractivity (Wildman–Crippen MR) is 75.1 cm³/mol. The van der Waals surface area contributed by atoms with Crippen LogP contribution >= 0.6 is 0 Å². The molecule has 1 aromatic rings. The highest BCUT2D eigenvalue weighted by Crippen LogP contribution is 2.18. The van der Waals surface area contributed by atoms with Crippen LogP contribution in [0.5, 0.6) is 0 Å². The van der Waals surface area contributed by atoms with Gasteiger partial charge in [0.2, 0.25) is 11.8 Å². The zero-order valence-corrected chi connectivity index (χ0v) is 12.3. The number of hydrogen-bond donors (Lipinski definition) is 2. The molecule has 1 aromatic heterocycles. The second-order valence-electron chi connectivity index (χ2n) is 5.30. The first-order valence-electron chi connectivity index (χ1n) is 7.48. The van der Waals surface area contributed by atoms with E-state index in [0.717, 1.165) is 19.4 Å². The van der Waals surface area contributed by atoms with Crippen LogP contribution in [0.4, 0.5) is 0 Å². The third-order valence-electron chi connectivity index (χ3n) is 3.63. The van der Waals surface area contributed by atoms with Crippen molar-refractivity contribution in [2.75, 3.05) is 19.6 Å². The van der Waals surface area contributed by atoms with E-state index < -0.39 is 0 Å². The van der Waals surface area contributed by atoms with Crippen molar-refractivity contribution in [3.63, 3.8) is 0 Å². The van der Waals surface area contributed by atoms with Crippen LogP contribution in [0.1, 0.15) is 38.4 Å². The molecular weight excluding hydrogens is 272 g/mol. The fourth-order valence-electron chi connectivity index (χ4n) is 2.51. The van der Waals surface area contributed by atoms with Crippen LogP contribution in [-0.2, 0) is 16.0 Å². The van der Waals surface area contributed by atoms with Crippen molar-refractivity contribution in [3.05, 3.63) is 5.82 Å². The topological polar surface area (TPSA) is 104 Å². The van der Waals surface area contributed by atoms with E-state index in [1.807, 2.05) is 6.92 Å². The molecule has 0 bridgehead atoms. The number of piperidine rings is 1. The lowest BCUT2D eigenvalue weighted by Gasteiger charge is -2.31. The van der Waals surface area contributed by atoms with Crippen molar-refractivity contribution >= 4 is 11.8 Å². The first-order valence-corrected chi connectivity index (χ1v) is 7.48. The number of nitrogens with zero attached hydrogens (tertiary/aromatic N) is 4. The highest BCUT2D eigenvalue weighted by Gasteiger charge is 2.29. The average molecular weight is 294 g/mol. The summed E-state index contributed by atoms with van der Waals surface area (Å²) in [6.45, 7) is 3.91. The fourth-order valence-corrected chi connectivity index (χ4v) is 2.51. The Morgan fingerprint density at radius 2 is 2.38 bits per heavy atom. The van der Waals surface area contributed by atoms with Gasteiger partial charge in [0.15, 0.2) is 5.82 Å². The van der Waals surface area contributed by atoms with E-state index in [1.54, 1.807) is 4.90 Å². The van der Waals surface area contributed by atoms with Gasteiger partial charge >= 0.3 is 0 Å². The van der Waals surface area contributed by atoms with Gasteiger partial charge in [-0.25, -0.2) is 0 Å². The fraction of sp³-hybridized carbons (Fsp3) is 0.769. The summed E-state index contributed by atoms with van der Waals surface area (Å²) in [6, 6.07) is 0. The summed E-state index contributed by atoms with van der Waals surface area (Å²) in [6.07, 6.45) is 3.50. The molecule has 0 unspecified atom stereocenters. The van der Waals surface area contributed by atoms with E-state index in [4.69, 9.17) is 0 Å². The quantitative estimate of drug-likeness (QED) is 0.683. The molecule has 1 atom stereocenters. The van der Waals surface area contributed by atoms with Crippen LogP contribution in [0, 0.1) is 5.92 Å². The van der Waals surface area contributed by atoms with E-state index in [9.17, 15) is 9.59 Å². The molecule has 0 aromatic carbocycles. The highest BCUT2D eigenvalue weighted by atomic mass is 16.2. The molecule has 2 amide bonds. The molecule has 1 aliphatic heterocycles. The first kappa shape index (κ1) is 15.4. The number of likely N-dealkylation sites (tertiary alicyclic amines) is 1. The number of carbonyl (C=O) groups is 2. The third-order valence-corrected chi connectivity index (χ3v) is 3.63. The lowest BCUT2D eigenvalue weighted by molar-refractivity contribution is -0.138. The van der Waals surface area contributed by atoms with Gasteiger partial charge in [-0.05, 0) is 19.3 Å². The SMILES string of the molecule is CCCN1C[C@@H](C(=O)NCCCc2nn[nH]n2)CCC1=O. The molecule has 116 valence electrons. The maximum Gasteiger partial charge on any atom is 0.224 e. The lowest BCUT2D eigenvalue weighted by Crippen LogP contribution is -2.46. The number of nitrogens with one attached hydrogen (secondary N) is 2. The second-order valence-corrected chi connectivity index (χ2v) is 5.30. The minimum Gasteiger partial charge on any atom is -0.356 e. The Morgan fingerprint density at radius 3 is 3.10 bits per heavy atom. The smallest absolute Gasteiger partial charge is 0.224 e. The van der Waals surface area contributed by atoms with Crippen LogP contribution in [0.3, 0.4) is 0 Å². The van der Waals surface area contributed by atoms with E-state index >= 15 is 0 Å². The van der Waals surface area contributed by atoms with Gasteiger partial charge in [0.1, 0.15) is 0 Å². The summed E-state index contributed by atoms with van der Waals surface area (Å²) < 4.78 is 0. The molecule has 21 heavy (non-hydrogen) atoms. The maximum atomic E-state index is 12.1. The largest absolute Gasteiger partial charge is 0.356 e. The van der Waals surface area contributed by atoms with Crippen molar-refractivity contribution < 1.29 is 9.59 Å². The molecule has 2 rings (SSSR count). The molecule has 0 saturated carbocycles. The second kappa shape index (κ2) is 7.70. The molecule has 8 nitrogen and oxygen atoms in total. The standard InChI is InChI=1S/C13H22N6O2/c1-2-8-19-9-10(5-6-12(19)20)13(21)14-7-3-4-11-15-17-18-16-11/h10H,2-9H2,1H3,(H,14,21)(H,15,16,17,18)/t10-/m0/s1. The van der Waals surface area contributed by atoms with Crippen molar-refractivity contribution in [2.45, 2.75) is 39.0 Å². The normalized spacial score (nSPS) is 18.8. The Balaban J connectivity index is 1.69. The predicted octanol–water partition coefficient (Wildman–Crippen LogP) is -0.103. The number of H-pyrrole nitrogens is 1. The summed E-state index contributed by atoms with van der Waals surface area (Å²) >= 11 is 0. The molecular formula is C13H22N6O2. The van der Waals surface area contributed by atoms with Crippen molar-refractivity contribution in [1.82, 2.24) is 30.8 Å². The van der Waals surface area contributed by atoms with Crippen LogP contribution in [0.15, 0.2) is 0 Å².